The zero-order chi connectivity index (χ0) is 23.6. The zero-order valence-electron chi connectivity index (χ0n) is 16.6. The molecule has 1 aliphatic heterocycles. The second-order valence-corrected chi connectivity index (χ2v) is 7.86. The average Bonchev–Trinajstić information content (AvgIpc) is 2.64. The largest absolute Gasteiger partial charge is 0.485 e. The minimum atomic E-state index is -2.73. The molecule has 1 unspecified atom stereocenters. The van der Waals surface area contributed by atoms with Gasteiger partial charge in [0.05, 0.1) is 17.7 Å². The Hall–Kier alpha value is -2.49. The number of hydrogen-bond acceptors (Lipinski definition) is 4. The molecule has 32 heavy (non-hydrogen) atoms. The van der Waals surface area contributed by atoms with Crippen LogP contribution in [0.5, 0.6) is 5.75 Å². The lowest BCUT2D eigenvalue weighted by Gasteiger charge is -2.33. The first-order valence-corrected chi connectivity index (χ1v) is 10.1. The number of benzene rings is 2. The summed E-state index contributed by atoms with van der Waals surface area (Å²) in [6.45, 7) is 0.625. The van der Waals surface area contributed by atoms with Gasteiger partial charge in [-0.2, -0.15) is 0 Å². The molecule has 3 rings (SSSR count). The Morgan fingerprint density at radius 3 is 2.56 bits per heavy atom. The van der Waals surface area contributed by atoms with Gasteiger partial charge in [-0.1, -0.05) is 35.3 Å². The summed E-state index contributed by atoms with van der Waals surface area (Å²) in [5, 5.41) is 2.80. The van der Waals surface area contributed by atoms with Gasteiger partial charge in [0, 0.05) is 16.1 Å². The van der Waals surface area contributed by atoms with Crippen LogP contribution in [0.25, 0.3) is 11.1 Å². The number of halogens is 5. The Kier molecular flexibility index (Phi) is 7.53. The molecule has 1 heterocycles. The number of nitrogens with two attached hydrogens (primary N) is 1. The van der Waals surface area contributed by atoms with E-state index in [0.717, 1.165) is 6.07 Å². The van der Waals surface area contributed by atoms with Gasteiger partial charge < -0.3 is 20.5 Å². The van der Waals surface area contributed by atoms with Crippen LogP contribution in [0.4, 0.5) is 13.2 Å². The van der Waals surface area contributed by atoms with Crippen LogP contribution in [0.2, 0.25) is 10.0 Å². The fourth-order valence-electron chi connectivity index (χ4n) is 3.17. The molecule has 6 nitrogen and oxygen atoms in total. The van der Waals surface area contributed by atoms with Gasteiger partial charge in [-0.3, -0.25) is 9.59 Å². The summed E-state index contributed by atoms with van der Waals surface area (Å²) in [7, 11) is 0. The molecule has 2 atom stereocenters. The third-order valence-electron chi connectivity index (χ3n) is 4.76. The monoisotopic (exact) mass is 489 g/mol. The summed E-state index contributed by atoms with van der Waals surface area (Å²) in [6.07, 6.45) is -3.82. The molecule has 3 N–H and O–H groups in total. The second kappa shape index (κ2) is 9.97. The molecule has 1 radical (unpaired) electrons. The number of carbonyl (C=O) groups excluding carboxylic acids is 2. The van der Waals surface area contributed by atoms with Gasteiger partial charge in [-0.05, 0) is 30.7 Å². The maximum atomic E-state index is 14.9. The van der Waals surface area contributed by atoms with Crippen molar-refractivity contribution >= 4 is 35.0 Å². The van der Waals surface area contributed by atoms with Crippen molar-refractivity contribution in [3.05, 3.63) is 57.7 Å². The molecule has 1 saturated heterocycles. The van der Waals surface area contributed by atoms with Crippen molar-refractivity contribution < 1.29 is 32.2 Å². The molecular formula is C21H18Cl2F3N2O4. The molecule has 171 valence electrons. The summed E-state index contributed by atoms with van der Waals surface area (Å²) in [6, 6.07) is 6.10. The van der Waals surface area contributed by atoms with E-state index in [-0.39, 0.29) is 45.0 Å². The maximum Gasteiger partial charge on any atom is 0.272 e. The Labute approximate surface area is 191 Å². The van der Waals surface area contributed by atoms with Crippen molar-refractivity contribution in [2.24, 2.45) is 5.73 Å². The van der Waals surface area contributed by atoms with Crippen molar-refractivity contribution in [1.29, 1.82) is 0 Å². The highest BCUT2D eigenvalue weighted by Gasteiger charge is 2.43. The van der Waals surface area contributed by atoms with E-state index in [1.165, 1.54) is 24.3 Å². The minimum Gasteiger partial charge on any atom is -0.485 e. The van der Waals surface area contributed by atoms with Crippen molar-refractivity contribution in [3.63, 3.8) is 0 Å². The summed E-state index contributed by atoms with van der Waals surface area (Å²) in [4.78, 5) is 23.5. The van der Waals surface area contributed by atoms with Crippen molar-refractivity contribution in [3.8, 4) is 16.9 Å². The van der Waals surface area contributed by atoms with Gasteiger partial charge in [-0.25, -0.2) is 13.2 Å². The number of hydrogen-bond donors (Lipinski definition) is 2. The molecule has 1 aliphatic rings. The zero-order valence-corrected chi connectivity index (χ0v) is 18.1. The molecule has 2 aromatic carbocycles. The average molecular weight is 490 g/mol. The number of alkyl halides is 2. The first-order valence-electron chi connectivity index (χ1n) is 9.35. The number of rotatable bonds is 8. The maximum absolute atomic E-state index is 14.9. The van der Waals surface area contributed by atoms with Crippen LogP contribution >= 0.6 is 23.2 Å². The van der Waals surface area contributed by atoms with Crippen LogP contribution in [-0.4, -0.2) is 37.6 Å². The molecule has 11 heteroatoms. The van der Waals surface area contributed by atoms with Crippen molar-refractivity contribution in [2.75, 3.05) is 13.2 Å². The number of amides is 2. The second-order valence-electron chi connectivity index (χ2n) is 7.02. The Bertz CT molecular complexity index is 1040. The summed E-state index contributed by atoms with van der Waals surface area (Å²) < 4.78 is 50.2. The van der Waals surface area contributed by atoms with E-state index in [9.17, 15) is 22.8 Å². The lowest BCUT2D eigenvalue weighted by Crippen LogP contribution is -2.54. The third kappa shape index (κ3) is 5.28. The van der Waals surface area contributed by atoms with Gasteiger partial charge in [0.1, 0.15) is 24.1 Å². The standard InChI is InChI=1S/C21H18Cl2F3N2O4/c1-9(28-21(30)14-7-31-19(14)20(27)29)12-3-2-10(4-16(12)24)13-5-11(22)6-15(23)18(13)32-8-17(25)26/h2-6,9,17,19H,7-8H2,1H3,(H2,27,29)(H,28,30)/t9-,19?/m1/s1. The predicted molar refractivity (Wildman–Crippen MR) is 112 cm³/mol. The van der Waals surface area contributed by atoms with Crippen molar-refractivity contribution in [2.45, 2.75) is 25.5 Å². The van der Waals surface area contributed by atoms with Crippen LogP contribution < -0.4 is 15.8 Å². The highest BCUT2D eigenvalue weighted by molar-refractivity contribution is 6.36. The van der Waals surface area contributed by atoms with Crippen LogP contribution in [0, 0.1) is 11.7 Å². The number of ether oxygens (including phenoxy) is 2. The third-order valence-corrected chi connectivity index (χ3v) is 5.26. The molecule has 2 amide bonds. The lowest BCUT2D eigenvalue weighted by molar-refractivity contribution is -0.144. The Balaban J connectivity index is 1.82. The number of primary amides is 1. The van der Waals surface area contributed by atoms with E-state index >= 15 is 0 Å². The highest BCUT2D eigenvalue weighted by atomic mass is 35.5. The Morgan fingerprint density at radius 2 is 2.00 bits per heavy atom. The quantitative estimate of drug-likeness (QED) is 0.584. The van der Waals surface area contributed by atoms with Gasteiger partial charge in [-0.15, -0.1) is 0 Å². The SMILES string of the molecule is C[C@@H](NC(=O)[C]1COC1C(N)=O)c1ccc(-c2cc(Cl)cc(Cl)c2OCC(F)F)cc1F. The summed E-state index contributed by atoms with van der Waals surface area (Å²) in [5.74, 6) is -1.91. The summed E-state index contributed by atoms with van der Waals surface area (Å²) in [5.41, 5.74) is 5.81. The van der Waals surface area contributed by atoms with Gasteiger partial charge >= 0.3 is 0 Å². The van der Waals surface area contributed by atoms with Crippen LogP contribution in [-0.2, 0) is 14.3 Å². The molecular weight excluding hydrogens is 472 g/mol. The molecule has 2 aromatic rings. The van der Waals surface area contributed by atoms with Crippen LogP contribution in [0.1, 0.15) is 18.5 Å². The van der Waals surface area contributed by atoms with E-state index in [4.69, 9.17) is 38.4 Å². The number of carbonyl (C=O) groups is 2. The highest BCUT2D eigenvalue weighted by Crippen LogP contribution is 2.40. The molecule has 0 aromatic heterocycles. The molecule has 0 bridgehead atoms. The van der Waals surface area contributed by atoms with E-state index in [2.05, 4.69) is 5.32 Å². The first kappa shape index (κ1) is 24.2. The normalized spacial score (nSPS) is 17.0. The van der Waals surface area contributed by atoms with E-state index in [1.54, 1.807) is 6.92 Å². The molecule has 0 saturated carbocycles. The Morgan fingerprint density at radius 1 is 1.28 bits per heavy atom. The molecule has 1 fully saturated rings. The lowest BCUT2D eigenvalue weighted by atomic mass is 9.95. The fourth-order valence-corrected chi connectivity index (χ4v) is 3.72. The van der Waals surface area contributed by atoms with E-state index in [1.807, 2.05) is 0 Å². The smallest absolute Gasteiger partial charge is 0.272 e. The molecule has 0 spiro atoms. The van der Waals surface area contributed by atoms with Gasteiger partial charge in [0.15, 0.2) is 6.10 Å². The topological polar surface area (TPSA) is 90.6 Å². The fraction of sp³-hybridized carbons (Fsp3) is 0.286. The van der Waals surface area contributed by atoms with Gasteiger partial charge in [0.2, 0.25) is 11.8 Å². The van der Waals surface area contributed by atoms with Crippen LogP contribution in [0.15, 0.2) is 30.3 Å². The first-order chi connectivity index (χ1) is 15.1. The van der Waals surface area contributed by atoms with Gasteiger partial charge in [0.25, 0.3) is 6.43 Å². The minimum absolute atomic E-state index is 0.00186. The van der Waals surface area contributed by atoms with Crippen LogP contribution in [0.3, 0.4) is 0 Å². The predicted octanol–water partition coefficient (Wildman–Crippen LogP) is 4.08. The summed E-state index contributed by atoms with van der Waals surface area (Å²) >= 11 is 12.1. The number of nitrogens with one attached hydrogen (secondary N) is 1. The van der Waals surface area contributed by atoms with E-state index in [0.29, 0.717) is 0 Å². The van der Waals surface area contributed by atoms with Crippen molar-refractivity contribution in [1.82, 2.24) is 5.32 Å². The molecule has 0 aliphatic carbocycles. The van der Waals surface area contributed by atoms with E-state index < -0.39 is 42.8 Å².